The Balaban J connectivity index is 1.49. The van der Waals surface area contributed by atoms with Crippen molar-refractivity contribution in [3.05, 3.63) is 51.7 Å². The van der Waals surface area contributed by atoms with Crippen LogP contribution in [0.15, 0.2) is 29.6 Å². The standard InChI is InChI=1S/C36H56N8O5S/c1-8-18-49-30(35-38-27(21-50-35)33(46)37-26(32-40-42-41-32)19-24-13-15-25(45)16-14-24)20-29(22(3)4)44(7)36(48)31(23(5)9-2)39-34(47)28-12-10-11-17-43(28)6/h13-16,21-23,26,28-31,42,45H,8-12,17-20H2,1-7H3,(H,37,46)(H,39,47)(H,40,41). The van der Waals surface area contributed by atoms with Crippen molar-refractivity contribution in [2.45, 2.75) is 110 Å². The molecule has 3 heterocycles. The summed E-state index contributed by atoms with van der Waals surface area (Å²) in [6.07, 6.45) is 4.93. The quantitative estimate of drug-likeness (QED) is 0.123. The van der Waals surface area contributed by atoms with Gasteiger partial charge in [-0.1, -0.05) is 59.6 Å². The molecule has 0 aliphatic carbocycles. The number of phenolic OH excluding ortho intramolecular Hbond substituents is 1. The van der Waals surface area contributed by atoms with Gasteiger partial charge in [-0.2, -0.15) is 0 Å². The number of ether oxygens (including phenoxy) is 1. The molecule has 13 nitrogen and oxygen atoms in total. The van der Waals surface area contributed by atoms with Crippen molar-refractivity contribution in [2.75, 3.05) is 27.2 Å². The number of nitrogens with one attached hydrogen (secondary N) is 4. The number of hydrogen-bond acceptors (Lipinski definition) is 9. The van der Waals surface area contributed by atoms with Gasteiger partial charge in [0.25, 0.3) is 5.91 Å². The molecule has 0 bridgehead atoms. The minimum Gasteiger partial charge on any atom is -0.508 e. The number of likely N-dealkylation sites (N-methyl/N-ethyl adjacent to an activating group) is 2. The van der Waals surface area contributed by atoms with Gasteiger partial charge in [-0.25, -0.2) is 10.2 Å². The minimum absolute atomic E-state index is 0.0440. The Morgan fingerprint density at radius 2 is 1.86 bits per heavy atom. The summed E-state index contributed by atoms with van der Waals surface area (Å²) in [5.74, 6) is 0.270. The van der Waals surface area contributed by atoms with Gasteiger partial charge in [-0.3, -0.25) is 24.4 Å². The van der Waals surface area contributed by atoms with Crippen LogP contribution in [0.4, 0.5) is 0 Å². The molecule has 0 spiro atoms. The van der Waals surface area contributed by atoms with Gasteiger partial charge in [-0.15, -0.1) is 16.4 Å². The molecule has 0 saturated carbocycles. The Labute approximate surface area is 299 Å². The fourth-order valence-corrected chi connectivity index (χ4v) is 7.32. The van der Waals surface area contributed by atoms with Gasteiger partial charge in [0.2, 0.25) is 11.8 Å². The van der Waals surface area contributed by atoms with Crippen LogP contribution in [0.5, 0.6) is 5.75 Å². The summed E-state index contributed by atoms with van der Waals surface area (Å²) in [5, 5.41) is 27.9. The fourth-order valence-electron chi connectivity index (χ4n) is 6.46. The molecule has 14 heteroatoms. The third kappa shape index (κ3) is 10.2. The highest BCUT2D eigenvalue weighted by molar-refractivity contribution is 7.09. The van der Waals surface area contributed by atoms with E-state index in [2.05, 4.69) is 44.8 Å². The maximum atomic E-state index is 14.2. The number of phenols is 1. The summed E-state index contributed by atoms with van der Waals surface area (Å²) in [6, 6.07) is 5.31. The number of amides is 3. The number of hydrogen-bond donors (Lipinski definition) is 5. The summed E-state index contributed by atoms with van der Waals surface area (Å²) < 4.78 is 6.35. The van der Waals surface area contributed by atoms with Crippen molar-refractivity contribution in [1.29, 1.82) is 0 Å². The first kappa shape index (κ1) is 39.0. The lowest BCUT2D eigenvalue weighted by Gasteiger charge is -2.38. The fraction of sp³-hybridized carbons (Fsp3) is 0.639. The van der Waals surface area contributed by atoms with Gasteiger partial charge in [-0.05, 0) is 62.4 Å². The summed E-state index contributed by atoms with van der Waals surface area (Å²) >= 11 is 1.36. The lowest BCUT2D eigenvalue weighted by atomic mass is 9.92. The second-order valence-corrected chi connectivity index (χ2v) is 14.8. The van der Waals surface area contributed by atoms with Crippen LogP contribution >= 0.6 is 11.3 Å². The highest BCUT2D eigenvalue weighted by atomic mass is 32.1. The molecular formula is C36H56N8O5S. The van der Waals surface area contributed by atoms with E-state index < -0.39 is 18.2 Å². The van der Waals surface area contributed by atoms with Crippen molar-refractivity contribution < 1.29 is 24.2 Å². The third-order valence-electron chi connectivity index (χ3n) is 9.85. The largest absolute Gasteiger partial charge is 0.508 e. The summed E-state index contributed by atoms with van der Waals surface area (Å²) in [6.45, 7) is 11.6. The van der Waals surface area contributed by atoms with Crippen molar-refractivity contribution in [3.8, 4) is 5.75 Å². The molecule has 2 aromatic heterocycles. The van der Waals surface area contributed by atoms with E-state index >= 15 is 0 Å². The molecule has 3 amide bonds. The van der Waals surface area contributed by atoms with Gasteiger partial charge < -0.3 is 25.4 Å². The van der Waals surface area contributed by atoms with E-state index in [9.17, 15) is 19.5 Å². The molecule has 1 saturated heterocycles. The van der Waals surface area contributed by atoms with E-state index in [4.69, 9.17) is 9.72 Å². The summed E-state index contributed by atoms with van der Waals surface area (Å²) in [5.41, 5.74) is 1.20. The number of carbonyl (C=O) groups is 3. The second-order valence-electron chi connectivity index (χ2n) is 13.9. The Morgan fingerprint density at radius 3 is 2.46 bits per heavy atom. The van der Waals surface area contributed by atoms with Crippen LogP contribution < -0.4 is 10.6 Å². The number of piperidine rings is 1. The van der Waals surface area contributed by atoms with Crippen LogP contribution in [0.3, 0.4) is 0 Å². The number of carbonyl (C=O) groups excluding carboxylic acids is 3. The van der Waals surface area contributed by atoms with Crippen molar-refractivity contribution in [3.63, 3.8) is 0 Å². The smallest absolute Gasteiger partial charge is 0.271 e. The van der Waals surface area contributed by atoms with E-state index in [1.165, 1.54) is 11.3 Å². The van der Waals surface area contributed by atoms with E-state index in [1.807, 2.05) is 34.9 Å². The molecule has 3 aromatic rings. The molecule has 276 valence electrons. The minimum atomic E-state index is -0.640. The predicted molar refractivity (Wildman–Crippen MR) is 194 cm³/mol. The van der Waals surface area contributed by atoms with Gasteiger partial charge in [0, 0.05) is 37.9 Å². The Hall–Kier alpha value is -3.75. The lowest BCUT2D eigenvalue weighted by Crippen LogP contribution is -2.58. The highest BCUT2D eigenvalue weighted by Gasteiger charge is 2.37. The van der Waals surface area contributed by atoms with Crippen molar-refractivity contribution in [2.24, 2.45) is 11.8 Å². The zero-order chi connectivity index (χ0) is 36.4. The average molecular weight is 713 g/mol. The Morgan fingerprint density at radius 1 is 1.14 bits per heavy atom. The van der Waals surface area contributed by atoms with E-state index in [1.54, 1.807) is 34.5 Å². The molecular weight excluding hydrogens is 657 g/mol. The molecule has 1 aromatic carbocycles. The van der Waals surface area contributed by atoms with E-state index in [0.717, 1.165) is 44.2 Å². The van der Waals surface area contributed by atoms with Crippen molar-refractivity contribution in [1.82, 2.24) is 40.8 Å². The van der Waals surface area contributed by atoms with Gasteiger partial charge in [0.1, 0.15) is 28.6 Å². The monoisotopic (exact) mass is 712 g/mol. The molecule has 1 aliphatic rings. The number of aromatic nitrogens is 4. The number of rotatable bonds is 18. The number of H-pyrrole nitrogens is 2. The van der Waals surface area contributed by atoms with Gasteiger partial charge in [0.05, 0.1) is 12.1 Å². The van der Waals surface area contributed by atoms with Crippen LogP contribution in [0.1, 0.15) is 112 Å². The van der Waals surface area contributed by atoms with Crippen LogP contribution in [-0.4, -0.2) is 98.4 Å². The first-order valence-electron chi connectivity index (χ1n) is 17.9. The van der Waals surface area contributed by atoms with Crippen LogP contribution in [-0.2, 0) is 20.7 Å². The van der Waals surface area contributed by atoms with E-state index in [0.29, 0.717) is 30.3 Å². The molecule has 4 rings (SSSR count). The number of nitrogens with zero attached hydrogens (tertiary/aromatic N) is 4. The third-order valence-corrected chi connectivity index (χ3v) is 10.8. The van der Waals surface area contributed by atoms with Gasteiger partial charge in [0.15, 0.2) is 5.82 Å². The van der Waals surface area contributed by atoms with Gasteiger partial charge >= 0.3 is 0 Å². The number of aromatic hydroxyl groups is 1. The maximum Gasteiger partial charge on any atom is 0.271 e. The SMILES string of the molecule is CCCOC(CC(C(C)C)N(C)C(=O)C(NC(=O)C1CCCCN1C)C(C)CC)c1nc(C(=O)NC(Cc2ccc(O)cc2)c2n[nH][nH]2)cs1. The molecule has 1 aliphatic heterocycles. The number of thiazole rings is 1. The lowest BCUT2D eigenvalue weighted by molar-refractivity contribution is -0.141. The van der Waals surface area contributed by atoms with Crippen molar-refractivity contribution >= 4 is 29.1 Å². The Bertz CT molecular complexity index is 1490. The molecule has 0 radical (unpaired) electrons. The zero-order valence-electron chi connectivity index (χ0n) is 30.6. The first-order valence-corrected chi connectivity index (χ1v) is 18.8. The zero-order valence-corrected chi connectivity index (χ0v) is 31.4. The first-order chi connectivity index (χ1) is 23.9. The number of likely N-dealkylation sites (tertiary alicyclic amines) is 1. The normalized spacial score (nSPS) is 18.3. The second kappa shape index (κ2) is 18.5. The molecule has 6 atom stereocenters. The molecule has 50 heavy (non-hydrogen) atoms. The topological polar surface area (TPSA) is 169 Å². The van der Waals surface area contributed by atoms with Crippen LogP contribution in [0.2, 0.25) is 0 Å². The maximum absolute atomic E-state index is 14.2. The molecule has 1 fully saturated rings. The highest BCUT2D eigenvalue weighted by Crippen LogP contribution is 2.31. The Kier molecular flexibility index (Phi) is 14.4. The summed E-state index contributed by atoms with van der Waals surface area (Å²) in [4.78, 5) is 49.7. The summed E-state index contributed by atoms with van der Waals surface area (Å²) in [7, 11) is 3.79. The molecule has 5 N–H and O–H groups in total. The average Bonchev–Trinajstić information content (AvgIpc) is 3.57. The molecule has 6 unspecified atom stereocenters. The van der Waals surface area contributed by atoms with Crippen LogP contribution in [0.25, 0.3) is 0 Å². The predicted octanol–water partition coefficient (Wildman–Crippen LogP) is 4.97. The number of aromatic amines is 2. The number of benzene rings is 1. The van der Waals surface area contributed by atoms with Crippen LogP contribution in [0, 0.1) is 11.8 Å². The van der Waals surface area contributed by atoms with E-state index in [-0.39, 0.29) is 53.1 Å².